The van der Waals surface area contributed by atoms with Gasteiger partial charge in [-0.2, -0.15) is 0 Å². The Labute approximate surface area is 365 Å². The molecule has 12 heteroatoms. The van der Waals surface area contributed by atoms with E-state index in [1.165, 1.54) is 12.2 Å². The van der Waals surface area contributed by atoms with E-state index in [0.29, 0.717) is 65.0 Å². The van der Waals surface area contributed by atoms with Crippen molar-refractivity contribution in [2.24, 2.45) is 0 Å². The van der Waals surface area contributed by atoms with E-state index in [1.807, 2.05) is 97.1 Å². The summed E-state index contributed by atoms with van der Waals surface area (Å²) in [5.41, 5.74) is 3.46. The Hall–Kier alpha value is -7.08. The number of benzene rings is 4. The van der Waals surface area contributed by atoms with Crippen LogP contribution in [-0.4, -0.2) is 101 Å². The molecular formula is C50H58N4O8. The van der Waals surface area contributed by atoms with Gasteiger partial charge in [0.2, 0.25) is 23.6 Å². The van der Waals surface area contributed by atoms with Crippen molar-refractivity contribution in [1.29, 1.82) is 0 Å². The number of ether oxygens (including phenoxy) is 4. The number of nitrogens with one attached hydrogen (secondary N) is 2. The van der Waals surface area contributed by atoms with Crippen LogP contribution in [0.25, 0.3) is 24.3 Å². The first-order valence-electron chi connectivity index (χ1n) is 20.6. The Kier molecular flexibility index (Phi) is 20.7. The minimum absolute atomic E-state index is 0.154. The highest BCUT2D eigenvalue weighted by Crippen LogP contribution is 2.16. The molecule has 4 rings (SSSR count). The largest absolute Gasteiger partial charge is 0.497 e. The van der Waals surface area contributed by atoms with Crippen LogP contribution in [0.3, 0.4) is 0 Å². The molecule has 0 fully saturated rings. The highest BCUT2D eigenvalue weighted by atomic mass is 16.5. The molecule has 0 heterocycles. The van der Waals surface area contributed by atoms with Gasteiger partial charge in [-0.1, -0.05) is 48.5 Å². The summed E-state index contributed by atoms with van der Waals surface area (Å²) in [7, 11) is 6.41. The van der Waals surface area contributed by atoms with E-state index >= 15 is 0 Å². The fourth-order valence-electron chi connectivity index (χ4n) is 6.10. The van der Waals surface area contributed by atoms with Crippen molar-refractivity contribution in [3.63, 3.8) is 0 Å². The molecule has 4 aromatic rings. The Bertz CT molecular complexity index is 1960. The van der Waals surface area contributed by atoms with Gasteiger partial charge in [0.1, 0.15) is 23.0 Å². The summed E-state index contributed by atoms with van der Waals surface area (Å²) in [6, 6.07) is 29.6. The highest BCUT2D eigenvalue weighted by Gasteiger charge is 2.14. The lowest BCUT2D eigenvalue weighted by molar-refractivity contribution is -0.127. The summed E-state index contributed by atoms with van der Waals surface area (Å²) >= 11 is 0. The number of methoxy groups -OCH3 is 4. The summed E-state index contributed by atoms with van der Waals surface area (Å²) in [4.78, 5) is 55.7. The van der Waals surface area contributed by atoms with E-state index in [0.717, 1.165) is 45.3 Å². The first-order chi connectivity index (χ1) is 30.2. The molecule has 0 aliphatic carbocycles. The van der Waals surface area contributed by atoms with Crippen molar-refractivity contribution >= 4 is 47.9 Å². The molecule has 4 aromatic carbocycles. The number of hydrogen-bond donors (Lipinski definition) is 2. The van der Waals surface area contributed by atoms with Crippen molar-refractivity contribution in [1.82, 2.24) is 20.4 Å². The normalized spacial score (nSPS) is 11.2. The minimum Gasteiger partial charge on any atom is -0.497 e. The van der Waals surface area contributed by atoms with E-state index in [-0.39, 0.29) is 23.6 Å². The average Bonchev–Trinajstić information content (AvgIpc) is 3.31. The number of hydrogen-bond acceptors (Lipinski definition) is 8. The van der Waals surface area contributed by atoms with Crippen LogP contribution in [0, 0.1) is 0 Å². The number of rotatable bonds is 25. The van der Waals surface area contributed by atoms with Gasteiger partial charge in [-0.3, -0.25) is 19.2 Å². The quantitative estimate of drug-likeness (QED) is 0.0524. The van der Waals surface area contributed by atoms with Gasteiger partial charge in [-0.15, -0.1) is 0 Å². The Balaban J connectivity index is 1.34. The monoisotopic (exact) mass is 842 g/mol. The molecule has 2 N–H and O–H groups in total. The third-order valence-electron chi connectivity index (χ3n) is 9.69. The van der Waals surface area contributed by atoms with Crippen LogP contribution in [0.2, 0.25) is 0 Å². The molecule has 0 atom stereocenters. The van der Waals surface area contributed by atoms with Gasteiger partial charge in [-0.25, -0.2) is 0 Å². The molecule has 0 saturated carbocycles. The Morgan fingerprint density at radius 2 is 0.661 bits per heavy atom. The van der Waals surface area contributed by atoms with Gasteiger partial charge in [0.15, 0.2) is 0 Å². The van der Waals surface area contributed by atoms with E-state index in [9.17, 15) is 19.2 Å². The van der Waals surface area contributed by atoms with Gasteiger partial charge in [0, 0.05) is 63.6 Å². The van der Waals surface area contributed by atoms with Crippen molar-refractivity contribution in [2.45, 2.75) is 25.7 Å². The van der Waals surface area contributed by atoms with Crippen LogP contribution in [0.4, 0.5) is 0 Å². The van der Waals surface area contributed by atoms with Gasteiger partial charge >= 0.3 is 0 Å². The zero-order chi connectivity index (χ0) is 44.4. The first-order valence-corrected chi connectivity index (χ1v) is 20.6. The number of amides is 4. The molecule has 0 unspecified atom stereocenters. The van der Waals surface area contributed by atoms with Crippen LogP contribution in [0.5, 0.6) is 23.0 Å². The number of carbonyl (C=O) groups is 4. The maximum atomic E-state index is 13.5. The molecule has 0 radical (unpaired) electrons. The zero-order valence-corrected chi connectivity index (χ0v) is 36.1. The first kappa shape index (κ1) is 47.6. The van der Waals surface area contributed by atoms with Crippen LogP contribution in [-0.2, 0) is 19.2 Å². The molecule has 326 valence electrons. The third-order valence-corrected chi connectivity index (χ3v) is 9.69. The topological polar surface area (TPSA) is 136 Å². The van der Waals surface area contributed by atoms with Crippen molar-refractivity contribution < 1.29 is 38.1 Å². The van der Waals surface area contributed by atoms with Crippen molar-refractivity contribution in [3.8, 4) is 23.0 Å². The smallest absolute Gasteiger partial charge is 0.246 e. The van der Waals surface area contributed by atoms with Crippen LogP contribution in [0.15, 0.2) is 121 Å². The second-order valence-corrected chi connectivity index (χ2v) is 14.1. The second kappa shape index (κ2) is 26.9. The molecule has 4 amide bonds. The average molecular weight is 843 g/mol. The summed E-state index contributed by atoms with van der Waals surface area (Å²) in [6.07, 6.45) is 15.4. The lowest BCUT2D eigenvalue weighted by Gasteiger charge is -2.24. The van der Waals surface area contributed by atoms with E-state index < -0.39 is 0 Å². The van der Waals surface area contributed by atoms with Crippen molar-refractivity contribution in [3.05, 3.63) is 144 Å². The van der Waals surface area contributed by atoms with Crippen molar-refractivity contribution in [2.75, 3.05) is 67.7 Å². The lowest BCUT2D eigenvalue weighted by Crippen LogP contribution is -2.36. The number of nitrogens with zero attached hydrogens (tertiary/aromatic N) is 2. The maximum Gasteiger partial charge on any atom is 0.246 e. The standard InChI is InChI=1S/C50H58N4O8/c1-59-43-21-9-39(10-22-43)17-29-47(55)51-33-7-37-53(49(57)31-19-41-13-25-45(61-3)26-14-41)35-5-6-36-54(50(58)32-20-42-15-27-46(62-4)28-16-42)38-8-34-52-48(56)30-18-40-11-23-44(60-2)24-12-40/h9-32H,5-8,33-38H2,1-4H3,(H,51,55)(H,52,56)/b29-17+,30-18+,31-19+,32-20+. The van der Waals surface area contributed by atoms with E-state index in [2.05, 4.69) is 10.6 Å². The lowest BCUT2D eigenvalue weighted by atomic mass is 10.2. The predicted octanol–water partition coefficient (Wildman–Crippen LogP) is 7.32. The summed E-state index contributed by atoms with van der Waals surface area (Å²) < 4.78 is 20.9. The van der Waals surface area contributed by atoms with Crippen LogP contribution >= 0.6 is 0 Å². The number of carbonyl (C=O) groups excluding carboxylic acids is 4. The molecule has 62 heavy (non-hydrogen) atoms. The molecule has 0 bridgehead atoms. The van der Waals surface area contributed by atoms with Gasteiger partial charge in [-0.05, 0) is 121 Å². The zero-order valence-electron chi connectivity index (χ0n) is 36.1. The molecular weight excluding hydrogens is 785 g/mol. The van der Waals surface area contributed by atoms with Crippen LogP contribution in [0.1, 0.15) is 47.9 Å². The van der Waals surface area contributed by atoms with E-state index in [4.69, 9.17) is 18.9 Å². The highest BCUT2D eigenvalue weighted by molar-refractivity contribution is 5.93. The molecule has 0 aliphatic heterocycles. The van der Waals surface area contributed by atoms with Crippen LogP contribution < -0.4 is 29.6 Å². The van der Waals surface area contributed by atoms with Gasteiger partial charge in [0.25, 0.3) is 0 Å². The second-order valence-electron chi connectivity index (χ2n) is 14.1. The SMILES string of the molecule is COc1ccc(/C=C/C(=O)NCCCN(CCCCN(CCCNC(=O)/C=C/c2ccc(OC)cc2)C(=O)/C=C/c2ccc(OC)cc2)C(=O)/C=C/c2ccc(OC)cc2)cc1. The fourth-order valence-corrected chi connectivity index (χ4v) is 6.10. The predicted molar refractivity (Wildman–Crippen MR) is 246 cm³/mol. The fraction of sp³-hybridized carbons (Fsp3) is 0.280. The molecule has 0 saturated heterocycles. The number of unbranched alkanes of at least 4 members (excludes halogenated alkanes) is 1. The van der Waals surface area contributed by atoms with Gasteiger partial charge in [0.05, 0.1) is 28.4 Å². The summed E-state index contributed by atoms with van der Waals surface area (Å²) in [5.74, 6) is 2.16. The molecule has 0 aliphatic rings. The van der Waals surface area contributed by atoms with E-state index in [1.54, 1.807) is 74.7 Å². The molecule has 12 nitrogen and oxygen atoms in total. The van der Waals surface area contributed by atoms with Gasteiger partial charge < -0.3 is 39.4 Å². The molecule has 0 aromatic heterocycles. The summed E-state index contributed by atoms with van der Waals surface area (Å²) in [5, 5.41) is 5.81. The Morgan fingerprint density at radius 1 is 0.403 bits per heavy atom. The minimum atomic E-state index is -0.228. The Morgan fingerprint density at radius 3 is 0.935 bits per heavy atom. The third kappa shape index (κ3) is 17.6. The maximum absolute atomic E-state index is 13.5. The molecule has 0 spiro atoms. The summed E-state index contributed by atoms with van der Waals surface area (Å²) in [6.45, 7) is 2.53.